The molecular formula is C19H19ClFN4O2+. The molecule has 6 nitrogen and oxygen atoms in total. The van der Waals surface area contributed by atoms with Crippen LogP contribution >= 0.6 is 11.6 Å². The third-order valence-corrected chi connectivity index (χ3v) is 4.61. The van der Waals surface area contributed by atoms with E-state index in [1.54, 1.807) is 36.4 Å². The monoisotopic (exact) mass is 389 g/mol. The number of quaternary nitrogens is 1. The second-order valence-electron chi connectivity index (χ2n) is 6.41. The second-order valence-corrected chi connectivity index (χ2v) is 6.82. The van der Waals surface area contributed by atoms with Crippen molar-refractivity contribution in [1.29, 1.82) is 0 Å². The lowest BCUT2D eigenvalue weighted by atomic mass is 10.2. The lowest BCUT2D eigenvalue weighted by Gasteiger charge is -2.18. The highest BCUT2D eigenvalue weighted by Crippen LogP contribution is 2.17. The Morgan fingerprint density at radius 3 is 2.67 bits per heavy atom. The average molecular weight is 390 g/mol. The van der Waals surface area contributed by atoms with Gasteiger partial charge < -0.3 is 10.6 Å². The van der Waals surface area contributed by atoms with Crippen LogP contribution in [0.3, 0.4) is 0 Å². The number of benzene rings is 2. The molecule has 0 spiro atoms. The van der Waals surface area contributed by atoms with Crippen LogP contribution in [0.2, 0.25) is 5.02 Å². The van der Waals surface area contributed by atoms with Crippen LogP contribution in [-0.4, -0.2) is 22.5 Å². The zero-order valence-corrected chi connectivity index (χ0v) is 15.5. The maximum atomic E-state index is 14.0. The summed E-state index contributed by atoms with van der Waals surface area (Å²) in [6.45, 7) is 0.322. The smallest absolute Gasteiger partial charge is 0.262 e. The molecule has 0 saturated heterocycles. The van der Waals surface area contributed by atoms with Gasteiger partial charge in [0.05, 0.1) is 28.5 Å². The summed E-state index contributed by atoms with van der Waals surface area (Å²) >= 11 is 6.09. The highest BCUT2D eigenvalue weighted by Gasteiger charge is 2.18. The summed E-state index contributed by atoms with van der Waals surface area (Å²) in [4.78, 5) is 29.6. The molecule has 0 bridgehead atoms. The first-order chi connectivity index (χ1) is 12.9. The van der Waals surface area contributed by atoms with Crippen molar-refractivity contribution < 1.29 is 14.1 Å². The van der Waals surface area contributed by atoms with Crippen LogP contribution in [0.4, 0.5) is 4.39 Å². The van der Waals surface area contributed by atoms with Gasteiger partial charge in [0.25, 0.3) is 5.56 Å². The van der Waals surface area contributed by atoms with Gasteiger partial charge in [-0.2, -0.15) is 0 Å². The van der Waals surface area contributed by atoms with E-state index in [1.165, 1.54) is 10.6 Å². The first kappa shape index (κ1) is 19.0. The van der Waals surface area contributed by atoms with Crippen molar-refractivity contribution in [2.24, 2.45) is 5.73 Å². The molecule has 0 aliphatic heterocycles. The SMILES string of the molecule is C[NH+](Cc1c(F)cccc1Cl)Cc1nc2ccccc2c(=O)n1CC(N)=O. The van der Waals surface area contributed by atoms with Gasteiger partial charge in [0.1, 0.15) is 25.5 Å². The quantitative estimate of drug-likeness (QED) is 0.657. The number of halogens is 2. The van der Waals surface area contributed by atoms with Gasteiger partial charge in [0.2, 0.25) is 5.91 Å². The second kappa shape index (κ2) is 7.85. The fourth-order valence-electron chi connectivity index (χ4n) is 3.00. The van der Waals surface area contributed by atoms with Gasteiger partial charge in [-0.3, -0.25) is 14.2 Å². The number of para-hydroxylation sites is 1. The zero-order valence-electron chi connectivity index (χ0n) is 14.7. The number of amides is 1. The molecule has 140 valence electrons. The van der Waals surface area contributed by atoms with Gasteiger partial charge in [-0.25, -0.2) is 9.37 Å². The van der Waals surface area contributed by atoms with E-state index in [2.05, 4.69) is 4.98 Å². The molecule has 0 aliphatic carbocycles. The van der Waals surface area contributed by atoms with Gasteiger partial charge >= 0.3 is 0 Å². The Hall–Kier alpha value is -2.77. The standard InChI is InChI=1S/C19H18ClFN4O2/c1-24(9-13-14(20)6-4-7-15(13)21)11-18-23-16-8-3-2-5-12(16)19(27)25(18)10-17(22)26/h2-8H,9-11H2,1H3,(H2,22,26)/p+1. The Kier molecular flexibility index (Phi) is 5.53. The number of nitrogens with two attached hydrogens (primary N) is 1. The minimum atomic E-state index is -0.634. The summed E-state index contributed by atoms with van der Waals surface area (Å²) in [5.41, 5.74) is 5.90. The fourth-order valence-corrected chi connectivity index (χ4v) is 3.23. The predicted molar refractivity (Wildman–Crippen MR) is 101 cm³/mol. The van der Waals surface area contributed by atoms with Crippen LogP contribution < -0.4 is 16.2 Å². The van der Waals surface area contributed by atoms with E-state index in [9.17, 15) is 14.0 Å². The van der Waals surface area contributed by atoms with E-state index in [0.717, 1.165) is 4.90 Å². The maximum absolute atomic E-state index is 14.0. The van der Waals surface area contributed by atoms with E-state index in [4.69, 9.17) is 17.3 Å². The average Bonchev–Trinajstić information content (AvgIpc) is 2.61. The van der Waals surface area contributed by atoms with Crippen LogP contribution in [-0.2, 0) is 24.4 Å². The third kappa shape index (κ3) is 4.15. The van der Waals surface area contributed by atoms with Gasteiger partial charge in [0, 0.05) is 0 Å². The van der Waals surface area contributed by atoms with Crippen molar-refractivity contribution in [3.05, 3.63) is 75.0 Å². The lowest BCUT2D eigenvalue weighted by molar-refractivity contribution is -0.908. The molecule has 3 aromatic rings. The summed E-state index contributed by atoms with van der Waals surface area (Å²) < 4.78 is 15.3. The molecule has 0 aliphatic rings. The largest absolute Gasteiger partial charge is 0.368 e. The number of carbonyl (C=O) groups excluding carboxylic acids is 1. The van der Waals surface area contributed by atoms with E-state index >= 15 is 0 Å². The van der Waals surface area contributed by atoms with Crippen molar-refractivity contribution in [2.75, 3.05) is 7.05 Å². The van der Waals surface area contributed by atoms with Crippen LogP contribution in [0, 0.1) is 5.82 Å². The molecule has 0 saturated carbocycles. The summed E-state index contributed by atoms with van der Waals surface area (Å²) in [5, 5.41) is 0.757. The number of carbonyl (C=O) groups is 1. The normalized spacial score (nSPS) is 12.3. The summed E-state index contributed by atoms with van der Waals surface area (Å²) in [6.07, 6.45) is 0. The van der Waals surface area contributed by atoms with E-state index in [1.807, 2.05) is 7.05 Å². The molecule has 1 unspecified atom stereocenters. The Labute approximate surface area is 160 Å². The Morgan fingerprint density at radius 1 is 1.22 bits per heavy atom. The summed E-state index contributed by atoms with van der Waals surface area (Å²) in [5.74, 6) is -0.615. The molecule has 1 atom stereocenters. The topological polar surface area (TPSA) is 82.4 Å². The number of nitrogens with zero attached hydrogens (tertiary/aromatic N) is 2. The molecule has 0 fully saturated rings. The first-order valence-electron chi connectivity index (χ1n) is 8.37. The molecule has 3 rings (SSSR count). The van der Waals surface area contributed by atoms with E-state index in [-0.39, 0.29) is 24.5 Å². The fraction of sp³-hybridized carbons (Fsp3) is 0.211. The molecule has 27 heavy (non-hydrogen) atoms. The number of hydrogen-bond donors (Lipinski definition) is 2. The summed E-state index contributed by atoms with van der Waals surface area (Å²) in [7, 11) is 1.83. The number of primary amides is 1. The summed E-state index contributed by atoms with van der Waals surface area (Å²) in [6, 6.07) is 11.4. The van der Waals surface area contributed by atoms with Gasteiger partial charge in [0.15, 0.2) is 5.82 Å². The molecule has 1 amide bonds. The van der Waals surface area contributed by atoms with E-state index < -0.39 is 5.91 Å². The van der Waals surface area contributed by atoms with Crippen molar-refractivity contribution in [2.45, 2.75) is 19.6 Å². The third-order valence-electron chi connectivity index (χ3n) is 4.25. The van der Waals surface area contributed by atoms with Crippen molar-refractivity contribution in [3.8, 4) is 0 Å². The number of rotatable bonds is 6. The molecule has 0 radical (unpaired) electrons. The number of nitrogens with one attached hydrogen (secondary N) is 1. The molecule has 8 heteroatoms. The van der Waals surface area contributed by atoms with Crippen molar-refractivity contribution in [3.63, 3.8) is 0 Å². The number of aromatic nitrogens is 2. The Balaban J connectivity index is 1.97. The lowest BCUT2D eigenvalue weighted by Crippen LogP contribution is -3.06. The number of hydrogen-bond acceptors (Lipinski definition) is 3. The minimum absolute atomic E-state index is 0.264. The minimum Gasteiger partial charge on any atom is -0.368 e. The van der Waals surface area contributed by atoms with Gasteiger partial charge in [-0.15, -0.1) is 0 Å². The van der Waals surface area contributed by atoms with Gasteiger partial charge in [-0.1, -0.05) is 29.8 Å². The van der Waals surface area contributed by atoms with Crippen molar-refractivity contribution >= 4 is 28.4 Å². The van der Waals surface area contributed by atoms with E-state index in [0.29, 0.717) is 33.9 Å². The first-order valence-corrected chi connectivity index (χ1v) is 8.75. The predicted octanol–water partition coefficient (Wildman–Crippen LogP) is 0.889. The number of fused-ring (bicyclic) bond motifs is 1. The highest BCUT2D eigenvalue weighted by molar-refractivity contribution is 6.31. The molecule has 2 aromatic carbocycles. The molecule has 3 N–H and O–H groups in total. The van der Waals surface area contributed by atoms with Crippen LogP contribution in [0.5, 0.6) is 0 Å². The van der Waals surface area contributed by atoms with Gasteiger partial charge in [-0.05, 0) is 24.3 Å². The maximum Gasteiger partial charge on any atom is 0.262 e. The zero-order chi connectivity index (χ0) is 19.6. The van der Waals surface area contributed by atoms with Crippen LogP contribution in [0.25, 0.3) is 10.9 Å². The molecular weight excluding hydrogens is 371 g/mol. The van der Waals surface area contributed by atoms with Crippen molar-refractivity contribution in [1.82, 2.24) is 9.55 Å². The molecule has 1 aromatic heterocycles. The van der Waals surface area contributed by atoms with Crippen LogP contribution in [0.1, 0.15) is 11.4 Å². The van der Waals surface area contributed by atoms with Crippen LogP contribution in [0.15, 0.2) is 47.3 Å². The highest BCUT2D eigenvalue weighted by atomic mass is 35.5. The molecule has 1 heterocycles. The Morgan fingerprint density at radius 2 is 1.96 bits per heavy atom. The Bertz CT molecular complexity index is 1050.